The minimum Gasteiger partial charge on any atom is -0.497 e. The molecular formula is C23H26N4O4S. The summed E-state index contributed by atoms with van der Waals surface area (Å²) in [6.07, 6.45) is 0.785. The van der Waals surface area contributed by atoms with E-state index in [1.54, 1.807) is 21.3 Å². The quantitative estimate of drug-likeness (QED) is 0.507. The lowest BCUT2D eigenvalue weighted by atomic mass is 9.99. The van der Waals surface area contributed by atoms with Gasteiger partial charge in [0.05, 0.1) is 27.1 Å². The molecule has 0 N–H and O–H groups in total. The van der Waals surface area contributed by atoms with Gasteiger partial charge in [0, 0.05) is 18.8 Å². The molecule has 9 heteroatoms. The van der Waals surface area contributed by atoms with Gasteiger partial charge in [-0.1, -0.05) is 11.8 Å². The summed E-state index contributed by atoms with van der Waals surface area (Å²) in [4.78, 5) is 14.8. The van der Waals surface area contributed by atoms with Crippen LogP contribution in [0.3, 0.4) is 0 Å². The summed E-state index contributed by atoms with van der Waals surface area (Å²) < 4.78 is 18.0. The van der Waals surface area contributed by atoms with Gasteiger partial charge in [-0.05, 0) is 60.9 Å². The number of ether oxygens (including phenoxy) is 3. The zero-order chi connectivity index (χ0) is 22.7. The van der Waals surface area contributed by atoms with E-state index in [0.29, 0.717) is 24.0 Å². The number of methoxy groups -OCH3 is 3. The summed E-state index contributed by atoms with van der Waals surface area (Å²) in [5.41, 5.74) is 3.20. The second-order valence-corrected chi connectivity index (χ2v) is 8.34. The number of thioether (sulfide) groups is 1. The zero-order valence-corrected chi connectivity index (χ0v) is 19.4. The smallest absolute Gasteiger partial charge is 0.233 e. The molecule has 2 heterocycles. The zero-order valence-electron chi connectivity index (χ0n) is 18.6. The molecule has 8 nitrogen and oxygen atoms in total. The molecule has 0 radical (unpaired) electrons. The highest BCUT2D eigenvalue weighted by atomic mass is 32.2. The van der Waals surface area contributed by atoms with Gasteiger partial charge in [0.1, 0.15) is 11.6 Å². The van der Waals surface area contributed by atoms with E-state index in [9.17, 15) is 4.79 Å². The van der Waals surface area contributed by atoms with Gasteiger partial charge in [-0.25, -0.2) is 0 Å². The van der Waals surface area contributed by atoms with Crippen molar-refractivity contribution in [3.63, 3.8) is 0 Å². The maximum atomic E-state index is 13.0. The van der Waals surface area contributed by atoms with E-state index in [1.807, 2.05) is 52.8 Å². The molecule has 1 aliphatic rings. The first-order valence-corrected chi connectivity index (χ1v) is 11.2. The Morgan fingerprint density at radius 1 is 1.00 bits per heavy atom. The fraction of sp³-hybridized carbons (Fsp3) is 0.348. The van der Waals surface area contributed by atoms with Crippen molar-refractivity contribution in [1.82, 2.24) is 19.7 Å². The van der Waals surface area contributed by atoms with E-state index in [0.717, 1.165) is 35.0 Å². The second-order valence-electron chi connectivity index (χ2n) is 7.39. The SMILES string of the molecule is COc1ccc(-n2c(C)nnc2SCC(=O)N2CCc3cc(OC)c(OC)cc3C2)cc1. The molecular weight excluding hydrogens is 428 g/mol. The van der Waals surface area contributed by atoms with Gasteiger partial charge >= 0.3 is 0 Å². The van der Waals surface area contributed by atoms with E-state index >= 15 is 0 Å². The van der Waals surface area contributed by atoms with Gasteiger partial charge in [-0.2, -0.15) is 0 Å². The molecule has 0 spiro atoms. The summed E-state index contributed by atoms with van der Waals surface area (Å²) in [6.45, 7) is 3.12. The normalized spacial score (nSPS) is 12.9. The van der Waals surface area contributed by atoms with Crippen molar-refractivity contribution in [2.24, 2.45) is 0 Å². The van der Waals surface area contributed by atoms with Crippen LogP contribution in [-0.4, -0.2) is 59.2 Å². The summed E-state index contributed by atoms with van der Waals surface area (Å²) in [6, 6.07) is 11.6. The van der Waals surface area contributed by atoms with Crippen molar-refractivity contribution in [3.05, 3.63) is 53.3 Å². The third kappa shape index (κ3) is 4.38. The molecule has 1 amide bonds. The Balaban J connectivity index is 1.45. The Morgan fingerprint density at radius 2 is 1.69 bits per heavy atom. The topological polar surface area (TPSA) is 78.7 Å². The standard InChI is InChI=1S/C23H26N4O4S/c1-15-24-25-23(27(15)18-5-7-19(29-2)8-6-18)32-14-22(28)26-10-9-16-11-20(30-3)21(31-4)12-17(16)13-26/h5-8,11-12H,9-10,13-14H2,1-4H3. The number of carbonyl (C=O) groups is 1. The monoisotopic (exact) mass is 454 g/mol. The van der Waals surface area contributed by atoms with Gasteiger partial charge in [0.25, 0.3) is 0 Å². The van der Waals surface area contributed by atoms with E-state index < -0.39 is 0 Å². The fourth-order valence-corrected chi connectivity index (χ4v) is 4.68. The predicted octanol–water partition coefficient (Wildman–Crippen LogP) is 3.28. The summed E-state index contributed by atoms with van der Waals surface area (Å²) in [5.74, 6) is 3.29. The van der Waals surface area contributed by atoms with Gasteiger partial charge in [0.2, 0.25) is 5.91 Å². The number of rotatable bonds is 7. The van der Waals surface area contributed by atoms with Crippen LogP contribution in [0.25, 0.3) is 5.69 Å². The Hall–Kier alpha value is -3.20. The highest BCUT2D eigenvalue weighted by molar-refractivity contribution is 7.99. The van der Waals surface area contributed by atoms with Gasteiger partial charge in [-0.15, -0.1) is 10.2 Å². The number of fused-ring (bicyclic) bond motifs is 1. The van der Waals surface area contributed by atoms with Crippen LogP contribution in [0.1, 0.15) is 17.0 Å². The van der Waals surface area contributed by atoms with E-state index in [1.165, 1.54) is 17.3 Å². The molecule has 4 rings (SSSR count). The Bertz CT molecular complexity index is 1110. The molecule has 0 saturated heterocycles. The molecule has 0 aliphatic carbocycles. The van der Waals surface area contributed by atoms with Crippen LogP contribution in [0, 0.1) is 6.92 Å². The lowest BCUT2D eigenvalue weighted by molar-refractivity contribution is -0.129. The molecule has 0 unspecified atom stereocenters. The number of amides is 1. The van der Waals surface area contributed by atoms with Crippen molar-refractivity contribution in [3.8, 4) is 22.9 Å². The first-order valence-electron chi connectivity index (χ1n) is 10.2. The van der Waals surface area contributed by atoms with Crippen molar-refractivity contribution in [2.75, 3.05) is 33.6 Å². The molecule has 0 atom stereocenters. The number of nitrogens with zero attached hydrogens (tertiary/aromatic N) is 4. The van der Waals surface area contributed by atoms with Crippen LogP contribution < -0.4 is 14.2 Å². The summed E-state index contributed by atoms with van der Waals surface area (Å²) in [7, 11) is 4.89. The molecule has 2 aromatic carbocycles. The lowest BCUT2D eigenvalue weighted by Gasteiger charge is -2.29. The lowest BCUT2D eigenvalue weighted by Crippen LogP contribution is -2.37. The third-order valence-corrected chi connectivity index (χ3v) is 6.43. The predicted molar refractivity (Wildman–Crippen MR) is 122 cm³/mol. The molecule has 0 fully saturated rings. The van der Waals surface area contributed by atoms with Crippen LogP contribution >= 0.6 is 11.8 Å². The van der Waals surface area contributed by atoms with Crippen molar-refractivity contribution >= 4 is 17.7 Å². The number of hydrogen-bond acceptors (Lipinski definition) is 7. The molecule has 3 aromatic rings. The maximum Gasteiger partial charge on any atom is 0.233 e. The number of carbonyl (C=O) groups excluding carboxylic acids is 1. The highest BCUT2D eigenvalue weighted by Gasteiger charge is 2.24. The summed E-state index contributed by atoms with van der Waals surface area (Å²) >= 11 is 1.39. The maximum absolute atomic E-state index is 13.0. The molecule has 0 saturated carbocycles. The molecule has 1 aliphatic heterocycles. The van der Waals surface area contributed by atoms with E-state index in [-0.39, 0.29) is 11.7 Å². The van der Waals surface area contributed by atoms with Crippen molar-refractivity contribution in [1.29, 1.82) is 0 Å². The average molecular weight is 455 g/mol. The van der Waals surface area contributed by atoms with Crippen LogP contribution in [0.5, 0.6) is 17.2 Å². The van der Waals surface area contributed by atoms with Crippen molar-refractivity contribution in [2.45, 2.75) is 25.0 Å². The minimum absolute atomic E-state index is 0.0670. The Kier molecular flexibility index (Phi) is 6.55. The minimum atomic E-state index is 0.0670. The van der Waals surface area contributed by atoms with Crippen LogP contribution in [0.15, 0.2) is 41.6 Å². The number of aryl methyl sites for hydroxylation is 1. The van der Waals surface area contributed by atoms with Gasteiger partial charge < -0.3 is 19.1 Å². The molecule has 168 valence electrons. The van der Waals surface area contributed by atoms with Crippen LogP contribution in [-0.2, 0) is 17.8 Å². The molecule has 1 aromatic heterocycles. The molecule has 0 bridgehead atoms. The number of benzene rings is 2. The van der Waals surface area contributed by atoms with E-state index in [2.05, 4.69) is 10.2 Å². The largest absolute Gasteiger partial charge is 0.497 e. The Labute approximate surface area is 191 Å². The van der Waals surface area contributed by atoms with Gasteiger partial charge in [0.15, 0.2) is 16.7 Å². The second kappa shape index (κ2) is 9.52. The van der Waals surface area contributed by atoms with Crippen molar-refractivity contribution < 1.29 is 19.0 Å². The third-order valence-electron chi connectivity index (χ3n) is 5.52. The first kappa shape index (κ1) is 22.0. The Morgan fingerprint density at radius 3 is 2.34 bits per heavy atom. The number of aromatic nitrogens is 3. The van der Waals surface area contributed by atoms with Crippen LogP contribution in [0.2, 0.25) is 0 Å². The highest BCUT2D eigenvalue weighted by Crippen LogP contribution is 2.33. The number of hydrogen-bond donors (Lipinski definition) is 0. The van der Waals surface area contributed by atoms with E-state index in [4.69, 9.17) is 14.2 Å². The van der Waals surface area contributed by atoms with Gasteiger partial charge in [-0.3, -0.25) is 9.36 Å². The first-order chi connectivity index (χ1) is 15.5. The fourth-order valence-electron chi connectivity index (χ4n) is 3.78. The summed E-state index contributed by atoms with van der Waals surface area (Å²) in [5, 5.41) is 9.16. The molecule has 32 heavy (non-hydrogen) atoms. The van der Waals surface area contributed by atoms with Crippen LogP contribution in [0.4, 0.5) is 0 Å². The average Bonchev–Trinajstić information content (AvgIpc) is 3.21.